The normalized spacial score (nSPS) is 10.7. The summed E-state index contributed by atoms with van der Waals surface area (Å²) in [5.41, 5.74) is 2.86. The second-order valence-corrected chi connectivity index (χ2v) is 3.18. The molecule has 0 aliphatic rings. The van der Waals surface area contributed by atoms with Crippen LogP contribution < -0.4 is 0 Å². The zero-order valence-corrected chi connectivity index (χ0v) is 7.14. The van der Waals surface area contributed by atoms with E-state index in [1.54, 1.807) is 6.20 Å². The number of hydrogen-bond acceptors (Lipinski definition) is 4. The molecule has 0 bridgehead atoms. The van der Waals surface area contributed by atoms with Gasteiger partial charge < -0.3 is 0 Å². The van der Waals surface area contributed by atoms with Crippen LogP contribution in [0.5, 0.6) is 0 Å². The molecule has 0 amide bonds. The molecule has 0 radical (unpaired) electrons. The Hall–Kier alpha value is -1.03. The lowest BCUT2D eigenvalue weighted by molar-refractivity contribution is 1.18. The van der Waals surface area contributed by atoms with Crippen molar-refractivity contribution in [2.45, 2.75) is 13.8 Å². The molecule has 0 saturated carbocycles. The lowest BCUT2D eigenvalue weighted by atomic mass is 10.4. The smallest absolute Gasteiger partial charge is 0.162 e. The van der Waals surface area contributed by atoms with E-state index in [0.29, 0.717) is 0 Å². The third-order valence-corrected chi connectivity index (χ3v) is 2.31. The molecule has 0 fully saturated rings. The van der Waals surface area contributed by atoms with Gasteiger partial charge in [0.25, 0.3) is 0 Å². The Morgan fingerprint density at radius 3 is 3.00 bits per heavy atom. The van der Waals surface area contributed by atoms with E-state index in [4.69, 9.17) is 0 Å². The Bertz CT molecular complexity index is 393. The van der Waals surface area contributed by atoms with Crippen molar-refractivity contribution in [2.75, 3.05) is 0 Å². The molecule has 0 atom stereocenters. The first-order chi connectivity index (χ1) is 5.27. The van der Waals surface area contributed by atoms with Crippen molar-refractivity contribution in [1.82, 2.24) is 14.3 Å². The van der Waals surface area contributed by atoms with Gasteiger partial charge in [-0.2, -0.15) is 4.37 Å². The number of hydrogen-bond donors (Lipinski definition) is 0. The zero-order chi connectivity index (χ0) is 7.84. The summed E-state index contributed by atoms with van der Waals surface area (Å²) in [7, 11) is 0. The van der Waals surface area contributed by atoms with Crippen molar-refractivity contribution < 1.29 is 0 Å². The average Bonchev–Trinajstić information content (AvgIpc) is 2.33. The van der Waals surface area contributed by atoms with Gasteiger partial charge in [-0.25, -0.2) is 9.97 Å². The largest absolute Gasteiger partial charge is 0.247 e. The topological polar surface area (TPSA) is 38.7 Å². The molecule has 3 nitrogen and oxygen atoms in total. The van der Waals surface area contributed by atoms with Crippen molar-refractivity contribution in [3.8, 4) is 0 Å². The summed E-state index contributed by atoms with van der Waals surface area (Å²) in [4.78, 5) is 9.44. The summed E-state index contributed by atoms with van der Waals surface area (Å²) in [6, 6.07) is 0. The molecule has 0 unspecified atom stereocenters. The molecule has 0 spiro atoms. The van der Waals surface area contributed by atoms with E-state index >= 15 is 0 Å². The van der Waals surface area contributed by atoms with Crippen LogP contribution in [0, 0.1) is 13.8 Å². The van der Waals surface area contributed by atoms with Crippen LogP contribution in [0.2, 0.25) is 0 Å². The van der Waals surface area contributed by atoms with Crippen LogP contribution in [0.25, 0.3) is 10.3 Å². The van der Waals surface area contributed by atoms with Gasteiger partial charge in [0.05, 0.1) is 11.4 Å². The lowest BCUT2D eigenvalue weighted by Gasteiger charge is -1.89. The monoisotopic (exact) mass is 165 g/mol. The molecule has 0 aliphatic heterocycles. The molecule has 4 heteroatoms. The van der Waals surface area contributed by atoms with Gasteiger partial charge in [0.2, 0.25) is 0 Å². The van der Waals surface area contributed by atoms with Crippen LogP contribution in [0.1, 0.15) is 11.4 Å². The first kappa shape index (κ1) is 6.67. The predicted octanol–water partition coefficient (Wildman–Crippen LogP) is 1.70. The fourth-order valence-corrected chi connectivity index (χ4v) is 1.61. The van der Waals surface area contributed by atoms with Gasteiger partial charge in [-0.15, -0.1) is 0 Å². The molecule has 0 aliphatic carbocycles. The molecule has 2 aromatic heterocycles. The van der Waals surface area contributed by atoms with Gasteiger partial charge in [0.15, 0.2) is 4.83 Å². The van der Waals surface area contributed by atoms with Crippen molar-refractivity contribution in [3.05, 3.63) is 17.6 Å². The van der Waals surface area contributed by atoms with Gasteiger partial charge in [0, 0.05) is 6.20 Å². The number of fused-ring (bicyclic) bond motifs is 1. The number of nitrogens with zero attached hydrogens (tertiary/aromatic N) is 3. The van der Waals surface area contributed by atoms with Crippen LogP contribution in [0.15, 0.2) is 6.20 Å². The molecule has 0 saturated heterocycles. The molecule has 2 rings (SSSR count). The van der Waals surface area contributed by atoms with Gasteiger partial charge in [0.1, 0.15) is 5.52 Å². The quantitative estimate of drug-likeness (QED) is 0.596. The summed E-state index contributed by atoms with van der Waals surface area (Å²) in [6.07, 6.45) is 1.76. The highest BCUT2D eigenvalue weighted by Crippen LogP contribution is 2.16. The van der Waals surface area contributed by atoms with E-state index in [9.17, 15) is 0 Å². The summed E-state index contributed by atoms with van der Waals surface area (Å²) < 4.78 is 4.15. The highest BCUT2D eigenvalue weighted by atomic mass is 32.1. The third kappa shape index (κ3) is 0.991. The molecule has 0 aromatic carbocycles. The summed E-state index contributed by atoms with van der Waals surface area (Å²) in [5, 5.41) is 0. The SMILES string of the molecule is Cc1cnc2snc(C)c2n1. The van der Waals surface area contributed by atoms with Crippen molar-refractivity contribution >= 4 is 21.9 Å². The molecule has 2 aromatic rings. The Balaban J connectivity index is 2.87. The Morgan fingerprint density at radius 1 is 1.36 bits per heavy atom. The summed E-state index contributed by atoms with van der Waals surface area (Å²) in [5.74, 6) is 0. The standard InChI is InChI=1S/C7H7N3S/c1-4-3-8-7-6(9-4)5(2)10-11-7/h3H,1-2H3. The fourth-order valence-electron chi connectivity index (χ4n) is 0.924. The van der Waals surface area contributed by atoms with E-state index in [2.05, 4.69) is 14.3 Å². The maximum Gasteiger partial charge on any atom is 0.162 e. The second-order valence-electron chi connectivity index (χ2n) is 2.43. The molecule has 2 heterocycles. The molecular formula is C7H7N3S. The number of aromatic nitrogens is 3. The van der Waals surface area contributed by atoms with Crippen molar-refractivity contribution in [3.63, 3.8) is 0 Å². The molecule has 56 valence electrons. The van der Waals surface area contributed by atoms with Gasteiger partial charge >= 0.3 is 0 Å². The van der Waals surface area contributed by atoms with E-state index in [1.165, 1.54) is 11.5 Å². The first-order valence-corrected chi connectivity index (χ1v) is 4.10. The summed E-state index contributed by atoms with van der Waals surface area (Å²) >= 11 is 1.40. The van der Waals surface area contributed by atoms with Gasteiger partial charge in [-0.3, -0.25) is 0 Å². The van der Waals surface area contributed by atoms with Crippen molar-refractivity contribution in [1.29, 1.82) is 0 Å². The lowest BCUT2D eigenvalue weighted by Crippen LogP contribution is -1.83. The maximum absolute atomic E-state index is 4.32. The zero-order valence-electron chi connectivity index (χ0n) is 6.33. The Morgan fingerprint density at radius 2 is 2.18 bits per heavy atom. The summed E-state index contributed by atoms with van der Waals surface area (Å²) in [6.45, 7) is 3.89. The van der Waals surface area contributed by atoms with Crippen molar-refractivity contribution in [2.24, 2.45) is 0 Å². The van der Waals surface area contributed by atoms with Crippen LogP contribution in [0.3, 0.4) is 0 Å². The molecular weight excluding hydrogens is 158 g/mol. The van der Waals surface area contributed by atoms with E-state index in [-0.39, 0.29) is 0 Å². The number of aryl methyl sites for hydroxylation is 2. The maximum atomic E-state index is 4.32. The van der Waals surface area contributed by atoms with Gasteiger partial charge in [-0.1, -0.05) is 0 Å². The van der Waals surface area contributed by atoms with Gasteiger partial charge in [-0.05, 0) is 25.4 Å². The second kappa shape index (κ2) is 2.23. The Labute approximate surface area is 68.3 Å². The van der Waals surface area contributed by atoms with E-state index in [1.807, 2.05) is 13.8 Å². The number of rotatable bonds is 0. The minimum atomic E-state index is 0.924. The first-order valence-electron chi connectivity index (χ1n) is 3.33. The average molecular weight is 165 g/mol. The minimum absolute atomic E-state index is 0.924. The minimum Gasteiger partial charge on any atom is -0.247 e. The highest BCUT2D eigenvalue weighted by Gasteiger charge is 2.03. The predicted molar refractivity (Wildman–Crippen MR) is 44.7 cm³/mol. The molecule has 11 heavy (non-hydrogen) atoms. The van der Waals surface area contributed by atoms with E-state index in [0.717, 1.165) is 21.7 Å². The van der Waals surface area contributed by atoms with E-state index < -0.39 is 0 Å². The van der Waals surface area contributed by atoms with Crippen LogP contribution >= 0.6 is 11.5 Å². The van der Waals surface area contributed by atoms with Crippen LogP contribution in [-0.2, 0) is 0 Å². The highest BCUT2D eigenvalue weighted by molar-refractivity contribution is 7.12. The molecule has 0 N–H and O–H groups in total. The van der Waals surface area contributed by atoms with Crippen LogP contribution in [-0.4, -0.2) is 14.3 Å². The van der Waals surface area contributed by atoms with Crippen LogP contribution in [0.4, 0.5) is 0 Å². The third-order valence-electron chi connectivity index (χ3n) is 1.47. The Kier molecular flexibility index (Phi) is 1.35. The fraction of sp³-hybridized carbons (Fsp3) is 0.286.